The maximum absolute atomic E-state index is 13.5. The van der Waals surface area contributed by atoms with E-state index < -0.39 is 0 Å². The molecule has 0 bridgehead atoms. The molecule has 1 atom stereocenters. The number of halogens is 1. The van der Waals surface area contributed by atoms with Crippen molar-refractivity contribution in [3.05, 3.63) is 35.6 Å². The Bertz CT molecular complexity index is 369. The Balaban J connectivity index is 2.22. The number of benzene rings is 1. The van der Waals surface area contributed by atoms with Crippen LogP contribution in [0.2, 0.25) is 0 Å². The van der Waals surface area contributed by atoms with Gasteiger partial charge < -0.3 is 5.32 Å². The summed E-state index contributed by atoms with van der Waals surface area (Å²) in [6.07, 6.45) is 0.367. The Kier molecular flexibility index (Phi) is 3.26. The van der Waals surface area contributed by atoms with Crippen molar-refractivity contribution in [2.45, 2.75) is 11.7 Å². The highest BCUT2D eigenvalue weighted by molar-refractivity contribution is 7.99. The summed E-state index contributed by atoms with van der Waals surface area (Å²) in [4.78, 5) is 11.3. The van der Waals surface area contributed by atoms with Crippen LogP contribution in [-0.4, -0.2) is 18.2 Å². The number of hydrogen-bond acceptors (Lipinski definition) is 2. The average molecular weight is 225 g/mol. The van der Waals surface area contributed by atoms with Crippen LogP contribution in [0.3, 0.4) is 0 Å². The van der Waals surface area contributed by atoms with E-state index in [1.165, 1.54) is 6.07 Å². The van der Waals surface area contributed by atoms with Gasteiger partial charge in [-0.2, -0.15) is 11.8 Å². The number of carbonyl (C=O) groups is 1. The maximum Gasteiger partial charge on any atom is 0.221 e. The van der Waals surface area contributed by atoms with Gasteiger partial charge in [0.25, 0.3) is 0 Å². The van der Waals surface area contributed by atoms with Crippen LogP contribution in [0, 0.1) is 5.82 Å². The van der Waals surface area contributed by atoms with E-state index in [-0.39, 0.29) is 17.0 Å². The zero-order valence-electron chi connectivity index (χ0n) is 8.20. The molecule has 0 saturated carbocycles. The highest BCUT2D eigenvalue weighted by Gasteiger charge is 2.21. The third kappa shape index (κ3) is 2.50. The number of carbonyl (C=O) groups excluding carboxylic acids is 1. The molecule has 1 fully saturated rings. The molecule has 80 valence electrons. The molecule has 1 saturated heterocycles. The van der Waals surface area contributed by atoms with E-state index in [1.54, 1.807) is 23.9 Å². The summed E-state index contributed by atoms with van der Waals surface area (Å²) >= 11 is 1.63. The van der Waals surface area contributed by atoms with Gasteiger partial charge in [0.15, 0.2) is 0 Å². The molecule has 0 aliphatic carbocycles. The van der Waals surface area contributed by atoms with Gasteiger partial charge in [-0.05, 0) is 6.07 Å². The summed E-state index contributed by atoms with van der Waals surface area (Å²) in [5.74, 6) is 0.628. The van der Waals surface area contributed by atoms with Gasteiger partial charge in [0, 0.05) is 29.5 Å². The van der Waals surface area contributed by atoms with Gasteiger partial charge in [-0.1, -0.05) is 18.2 Å². The van der Waals surface area contributed by atoms with Crippen molar-refractivity contribution in [1.82, 2.24) is 5.32 Å². The Morgan fingerprint density at radius 3 is 3.00 bits per heavy atom. The monoisotopic (exact) mass is 225 g/mol. The van der Waals surface area contributed by atoms with Gasteiger partial charge in [0.2, 0.25) is 5.91 Å². The van der Waals surface area contributed by atoms with Gasteiger partial charge in [0.1, 0.15) is 5.82 Å². The molecule has 15 heavy (non-hydrogen) atoms. The Morgan fingerprint density at radius 2 is 2.20 bits per heavy atom. The average Bonchev–Trinajstić information content (AvgIpc) is 2.43. The lowest BCUT2D eigenvalue weighted by molar-refractivity contribution is -0.120. The van der Waals surface area contributed by atoms with Crippen molar-refractivity contribution >= 4 is 17.7 Å². The summed E-state index contributed by atoms with van der Waals surface area (Å²) in [6.45, 7) is 0.675. The van der Waals surface area contributed by atoms with Crippen LogP contribution in [0.1, 0.15) is 17.2 Å². The first kappa shape index (κ1) is 10.5. The molecule has 2 rings (SSSR count). The largest absolute Gasteiger partial charge is 0.355 e. The van der Waals surface area contributed by atoms with Crippen molar-refractivity contribution in [3.63, 3.8) is 0 Å². The fourth-order valence-corrected chi connectivity index (χ4v) is 2.77. The normalized spacial score (nSPS) is 21.9. The van der Waals surface area contributed by atoms with Crippen molar-refractivity contribution in [2.75, 3.05) is 12.3 Å². The molecule has 1 aliphatic rings. The lowest BCUT2D eigenvalue weighted by Crippen LogP contribution is -2.23. The van der Waals surface area contributed by atoms with Crippen molar-refractivity contribution < 1.29 is 9.18 Å². The van der Waals surface area contributed by atoms with Crippen LogP contribution in [0.5, 0.6) is 0 Å². The second-order valence-electron chi connectivity index (χ2n) is 3.44. The summed E-state index contributed by atoms with van der Waals surface area (Å²) < 4.78 is 13.5. The third-order valence-corrected chi connectivity index (χ3v) is 3.63. The molecule has 1 heterocycles. The van der Waals surface area contributed by atoms with E-state index >= 15 is 0 Å². The van der Waals surface area contributed by atoms with Crippen molar-refractivity contribution in [3.8, 4) is 0 Å². The molecule has 1 aliphatic heterocycles. The first-order valence-corrected chi connectivity index (χ1v) is 5.95. The van der Waals surface area contributed by atoms with Gasteiger partial charge in [-0.25, -0.2) is 4.39 Å². The second-order valence-corrected chi connectivity index (χ2v) is 4.75. The van der Waals surface area contributed by atoms with Gasteiger partial charge in [0.05, 0.1) is 0 Å². The molecule has 0 spiro atoms. The molecule has 1 aromatic carbocycles. The highest BCUT2D eigenvalue weighted by Crippen LogP contribution is 2.34. The molecular formula is C11H12FNOS. The van der Waals surface area contributed by atoms with Gasteiger partial charge >= 0.3 is 0 Å². The van der Waals surface area contributed by atoms with Gasteiger partial charge in [-0.15, -0.1) is 0 Å². The first-order valence-electron chi connectivity index (χ1n) is 4.90. The molecule has 1 N–H and O–H groups in total. The van der Waals surface area contributed by atoms with E-state index in [0.717, 1.165) is 5.75 Å². The number of nitrogens with one attached hydrogen (secondary N) is 1. The third-order valence-electron chi connectivity index (χ3n) is 2.37. The van der Waals surface area contributed by atoms with E-state index in [2.05, 4.69) is 5.32 Å². The summed E-state index contributed by atoms with van der Waals surface area (Å²) in [5.41, 5.74) is 0.638. The quantitative estimate of drug-likeness (QED) is 0.793. The second kappa shape index (κ2) is 4.66. The minimum Gasteiger partial charge on any atom is -0.355 e. The predicted molar refractivity (Wildman–Crippen MR) is 59.2 cm³/mol. The fourth-order valence-electron chi connectivity index (χ4n) is 1.63. The zero-order chi connectivity index (χ0) is 10.7. The van der Waals surface area contributed by atoms with Crippen LogP contribution in [0.15, 0.2) is 24.3 Å². The number of rotatable bonds is 1. The summed E-state index contributed by atoms with van der Waals surface area (Å²) in [5, 5.41) is 2.73. The zero-order valence-corrected chi connectivity index (χ0v) is 9.02. The van der Waals surface area contributed by atoms with Crippen LogP contribution in [0.4, 0.5) is 4.39 Å². The van der Waals surface area contributed by atoms with E-state index in [4.69, 9.17) is 0 Å². The van der Waals surface area contributed by atoms with Crippen LogP contribution >= 0.6 is 11.8 Å². The van der Waals surface area contributed by atoms with Gasteiger partial charge in [-0.3, -0.25) is 4.79 Å². The lowest BCUT2D eigenvalue weighted by Gasteiger charge is -2.13. The Labute approximate surface area is 92.3 Å². The van der Waals surface area contributed by atoms with Crippen LogP contribution in [0.25, 0.3) is 0 Å². The fraction of sp³-hybridized carbons (Fsp3) is 0.364. The number of amides is 1. The standard InChI is InChI=1S/C11H12FNOS/c12-9-4-2-1-3-8(9)10-7-11(14)13-5-6-15-10/h1-4,10H,5-7H2,(H,13,14)/t10-/m0/s1. The molecule has 0 unspecified atom stereocenters. The predicted octanol–water partition coefficient (Wildman–Crippen LogP) is 2.12. The van der Waals surface area contributed by atoms with Crippen molar-refractivity contribution in [2.24, 2.45) is 0 Å². The molecule has 1 amide bonds. The molecule has 1 aromatic rings. The SMILES string of the molecule is O=C1C[C@@H](c2ccccc2F)SCCN1. The van der Waals surface area contributed by atoms with Crippen LogP contribution < -0.4 is 5.32 Å². The van der Waals surface area contributed by atoms with E-state index in [0.29, 0.717) is 18.5 Å². The van der Waals surface area contributed by atoms with Crippen molar-refractivity contribution in [1.29, 1.82) is 0 Å². The highest BCUT2D eigenvalue weighted by atomic mass is 32.2. The molecule has 2 nitrogen and oxygen atoms in total. The Morgan fingerprint density at radius 1 is 1.40 bits per heavy atom. The lowest BCUT2D eigenvalue weighted by atomic mass is 10.1. The topological polar surface area (TPSA) is 29.1 Å². The smallest absolute Gasteiger partial charge is 0.221 e. The number of thioether (sulfide) groups is 1. The molecule has 0 aromatic heterocycles. The molecule has 0 radical (unpaired) electrons. The minimum absolute atomic E-state index is 0.00764. The number of hydrogen-bond donors (Lipinski definition) is 1. The molecular weight excluding hydrogens is 213 g/mol. The summed E-state index contributed by atoms with van der Waals surface area (Å²) in [6, 6.07) is 6.67. The minimum atomic E-state index is -0.218. The van der Waals surface area contributed by atoms with E-state index in [1.807, 2.05) is 6.07 Å². The van der Waals surface area contributed by atoms with E-state index in [9.17, 15) is 9.18 Å². The molecule has 4 heteroatoms. The Hall–Kier alpha value is -1.03. The maximum atomic E-state index is 13.5. The van der Waals surface area contributed by atoms with Crippen LogP contribution in [-0.2, 0) is 4.79 Å². The summed E-state index contributed by atoms with van der Waals surface area (Å²) in [7, 11) is 0. The first-order chi connectivity index (χ1) is 7.27.